The van der Waals surface area contributed by atoms with Gasteiger partial charge in [0.1, 0.15) is 6.79 Å². The molecule has 0 fully saturated rings. The quantitative estimate of drug-likeness (QED) is 0.278. The normalized spacial score (nSPS) is 13.6. The Hall–Kier alpha value is -0.710. The van der Waals surface area contributed by atoms with E-state index >= 15 is 0 Å². The van der Waals surface area contributed by atoms with Crippen LogP contribution < -0.4 is 0 Å². The first-order chi connectivity index (χ1) is 13.4. The van der Waals surface area contributed by atoms with E-state index < -0.39 is 0 Å². The van der Waals surface area contributed by atoms with E-state index in [4.69, 9.17) is 4.79 Å². The summed E-state index contributed by atoms with van der Waals surface area (Å²) in [5.41, 5.74) is 1.57. The lowest BCUT2D eigenvalue weighted by Gasteiger charge is -2.16. The Bertz CT molecular complexity index is 292. The number of aliphatic hydroxyl groups excluding tert-OH is 2. The predicted molar refractivity (Wildman–Crippen MR) is 124 cm³/mol. The van der Waals surface area contributed by atoms with Crippen molar-refractivity contribution in [3.8, 4) is 0 Å². The van der Waals surface area contributed by atoms with Crippen LogP contribution in [-0.4, -0.2) is 43.4 Å². The molecule has 0 bridgehead atoms. The van der Waals surface area contributed by atoms with Gasteiger partial charge in [0, 0.05) is 14.2 Å². The van der Waals surface area contributed by atoms with E-state index in [-0.39, 0.29) is 12.2 Å². The maximum absolute atomic E-state index is 9.91. The molecule has 0 amide bonds. The summed E-state index contributed by atoms with van der Waals surface area (Å²) in [5.74, 6) is 0.527. The van der Waals surface area contributed by atoms with Crippen molar-refractivity contribution in [2.24, 2.45) is 5.92 Å². The van der Waals surface area contributed by atoms with Crippen LogP contribution in [0.2, 0.25) is 0 Å². The molecule has 172 valence electrons. The number of ether oxygens (including phenoxy) is 1. The minimum Gasteiger partial charge on any atom is -0.393 e. The number of hydrogen-bond acceptors (Lipinski definition) is 4. The van der Waals surface area contributed by atoms with Crippen LogP contribution in [-0.2, 0) is 9.53 Å². The predicted octanol–water partition coefficient (Wildman–Crippen LogP) is 6.34. The number of methoxy groups -OCH3 is 1. The molecule has 2 N–H and O–H groups in total. The highest BCUT2D eigenvalue weighted by molar-refractivity contribution is 5.11. The molecule has 28 heavy (non-hydrogen) atoms. The molecular formula is C24H52O4. The van der Waals surface area contributed by atoms with Gasteiger partial charge in [0.25, 0.3) is 0 Å². The molecule has 4 nitrogen and oxygen atoms in total. The fourth-order valence-electron chi connectivity index (χ4n) is 2.70. The van der Waals surface area contributed by atoms with Gasteiger partial charge in [-0.05, 0) is 50.9 Å². The summed E-state index contributed by atoms with van der Waals surface area (Å²) < 4.78 is 4.25. The third-order valence-electron chi connectivity index (χ3n) is 4.30. The topological polar surface area (TPSA) is 66.8 Å². The molecule has 0 aliphatic heterocycles. The maximum Gasteiger partial charge on any atom is 0.106 e. The molecule has 0 aliphatic rings. The fourth-order valence-corrected chi connectivity index (χ4v) is 2.70. The van der Waals surface area contributed by atoms with Crippen molar-refractivity contribution in [2.45, 2.75) is 118 Å². The minimum absolute atomic E-state index is 0.351. The van der Waals surface area contributed by atoms with Gasteiger partial charge in [0.05, 0.1) is 12.2 Å². The van der Waals surface area contributed by atoms with Gasteiger partial charge in [-0.3, -0.25) is 0 Å². The molecule has 0 saturated heterocycles. The molecule has 0 aromatic carbocycles. The summed E-state index contributed by atoms with van der Waals surface area (Å²) in [4.78, 5) is 8.00. The van der Waals surface area contributed by atoms with Crippen LogP contribution in [0.5, 0.6) is 0 Å². The average molecular weight is 405 g/mol. The summed E-state index contributed by atoms with van der Waals surface area (Å²) in [6.45, 7) is 14.7. The van der Waals surface area contributed by atoms with E-state index in [0.29, 0.717) is 12.3 Å². The first-order valence-electron chi connectivity index (χ1n) is 11.2. The van der Waals surface area contributed by atoms with Crippen molar-refractivity contribution in [1.29, 1.82) is 0 Å². The van der Waals surface area contributed by atoms with Crippen LogP contribution in [0.25, 0.3) is 0 Å². The van der Waals surface area contributed by atoms with Gasteiger partial charge in [0.2, 0.25) is 0 Å². The third kappa shape index (κ3) is 30.0. The molecule has 0 radical (unpaired) electrons. The van der Waals surface area contributed by atoms with Crippen LogP contribution in [0.3, 0.4) is 0 Å². The first kappa shape index (κ1) is 34.8. The van der Waals surface area contributed by atoms with Crippen molar-refractivity contribution >= 4 is 6.79 Å². The van der Waals surface area contributed by atoms with Gasteiger partial charge in [0.15, 0.2) is 0 Å². The third-order valence-corrected chi connectivity index (χ3v) is 4.30. The van der Waals surface area contributed by atoms with Crippen LogP contribution in [0.4, 0.5) is 0 Å². The van der Waals surface area contributed by atoms with Gasteiger partial charge in [-0.25, -0.2) is 0 Å². The van der Waals surface area contributed by atoms with Gasteiger partial charge in [-0.15, -0.1) is 0 Å². The minimum atomic E-state index is -0.356. The summed E-state index contributed by atoms with van der Waals surface area (Å²) >= 11 is 0. The van der Waals surface area contributed by atoms with Gasteiger partial charge < -0.3 is 19.7 Å². The number of aliphatic hydroxyl groups is 2. The number of hydrogen-bond donors (Lipinski definition) is 2. The summed E-state index contributed by atoms with van der Waals surface area (Å²) in [6, 6.07) is 0. The van der Waals surface area contributed by atoms with Crippen LogP contribution in [0.15, 0.2) is 11.6 Å². The van der Waals surface area contributed by atoms with Crippen molar-refractivity contribution < 1.29 is 19.7 Å². The Morgan fingerprint density at radius 3 is 1.93 bits per heavy atom. The molecule has 0 rings (SSSR count). The van der Waals surface area contributed by atoms with Crippen molar-refractivity contribution in [2.75, 3.05) is 14.2 Å². The van der Waals surface area contributed by atoms with Gasteiger partial charge in [-0.1, -0.05) is 72.5 Å². The highest BCUT2D eigenvalue weighted by Crippen LogP contribution is 2.19. The SMILES string of the molecule is C=O.CC.CCCCCC/C(=C/[C@@H](C)CCC(O)CC(O)CC)CC.COC. The van der Waals surface area contributed by atoms with Crippen molar-refractivity contribution in [3.63, 3.8) is 0 Å². The van der Waals surface area contributed by atoms with E-state index in [1.54, 1.807) is 19.8 Å². The molecule has 0 spiro atoms. The standard InChI is InChI=1S/C19H38O2.C2H6O.C2H6.CH2O/c1-5-8-9-10-11-17(6-2)14-16(4)12-13-19(21)15-18(20)7-3;1-3-2;2*1-2/h14,16,18-21H,5-13,15H2,1-4H3;1-2H3;1-2H3;1H2/b17-14+;;;/t16-,18?,19?;;;/m0.../s1. The zero-order valence-electron chi connectivity index (χ0n) is 20.3. The number of carbonyl (C=O) groups is 1. The highest BCUT2D eigenvalue weighted by Gasteiger charge is 2.11. The van der Waals surface area contributed by atoms with Crippen LogP contribution in [0.1, 0.15) is 106 Å². The molecule has 4 heteroatoms. The Kier molecular flexibility index (Phi) is 38.5. The van der Waals surface area contributed by atoms with E-state index in [1.807, 2.05) is 27.6 Å². The number of rotatable bonds is 13. The Balaban J connectivity index is -0.000000362. The van der Waals surface area contributed by atoms with E-state index in [0.717, 1.165) is 25.7 Å². The summed E-state index contributed by atoms with van der Waals surface area (Å²) in [5, 5.41) is 19.5. The number of allylic oxidation sites excluding steroid dienone is 2. The maximum atomic E-state index is 9.91. The van der Waals surface area contributed by atoms with Gasteiger partial charge >= 0.3 is 0 Å². The molecule has 0 aliphatic carbocycles. The Morgan fingerprint density at radius 2 is 1.50 bits per heavy atom. The van der Waals surface area contributed by atoms with E-state index in [2.05, 4.69) is 31.6 Å². The molecular weight excluding hydrogens is 352 g/mol. The Morgan fingerprint density at radius 1 is 0.964 bits per heavy atom. The Labute approximate surface area is 176 Å². The van der Waals surface area contributed by atoms with Crippen LogP contribution >= 0.6 is 0 Å². The zero-order valence-corrected chi connectivity index (χ0v) is 20.3. The molecule has 0 aromatic heterocycles. The van der Waals surface area contributed by atoms with Crippen LogP contribution in [0, 0.1) is 5.92 Å². The van der Waals surface area contributed by atoms with E-state index in [1.165, 1.54) is 32.1 Å². The molecule has 0 saturated carbocycles. The molecule has 0 aromatic rings. The lowest BCUT2D eigenvalue weighted by atomic mass is 9.95. The highest BCUT2D eigenvalue weighted by atomic mass is 16.4. The lowest BCUT2D eigenvalue weighted by Crippen LogP contribution is -2.17. The second-order valence-electron chi connectivity index (χ2n) is 6.90. The molecule has 3 atom stereocenters. The number of unbranched alkanes of at least 4 members (excludes halogenated alkanes) is 3. The number of carbonyl (C=O) groups excluding carboxylic acids is 1. The van der Waals surface area contributed by atoms with Crippen molar-refractivity contribution in [1.82, 2.24) is 0 Å². The zero-order chi connectivity index (χ0) is 22.8. The summed E-state index contributed by atoms with van der Waals surface area (Å²) in [7, 11) is 3.25. The molecule has 2 unspecified atom stereocenters. The first-order valence-corrected chi connectivity index (χ1v) is 11.2. The smallest absolute Gasteiger partial charge is 0.106 e. The monoisotopic (exact) mass is 404 g/mol. The second-order valence-corrected chi connectivity index (χ2v) is 6.90. The molecule has 0 heterocycles. The van der Waals surface area contributed by atoms with Crippen molar-refractivity contribution in [3.05, 3.63) is 11.6 Å². The lowest BCUT2D eigenvalue weighted by molar-refractivity contribution is -0.0980. The second kappa shape index (κ2) is 31.0. The van der Waals surface area contributed by atoms with E-state index in [9.17, 15) is 10.2 Å². The fraction of sp³-hybridized carbons (Fsp3) is 0.875. The largest absolute Gasteiger partial charge is 0.393 e. The summed E-state index contributed by atoms with van der Waals surface area (Å²) in [6.07, 6.45) is 12.4. The average Bonchev–Trinajstić information content (AvgIpc) is 2.72. The van der Waals surface area contributed by atoms with Gasteiger partial charge in [-0.2, -0.15) is 0 Å².